The quantitative estimate of drug-likeness (QED) is 0.742. The molecule has 5 heteroatoms. The van der Waals surface area contributed by atoms with Crippen LogP contribution in [0.5, 0.6) is 0 Å². The number of hydrogen-bond donors (Lipinski definition) is 0. The van der Waals surface area contributed by atoms with Crippen LogP contribution in [0.15, 0.2) is 30.6 Å². The first-order valence-electron chi connectivity index (χ1n) is 7.18. The second-order valence-corrected chi connectivity index (χ2v) is 7.15. The van der Waals surface area contributed by atoms with Gasteiger partial charge in [0.15, 0.2) is 0 Å². The van der Waals surface area contributed by atoms with E-state index in [0.717, 1.165) is 16.6 Å². The van der Waals surface area contributed by atoms with Gasteiger partial charge in [-0.2, -0.15) is 0 Å². The molecule has 0 aliphatic heterocycles. The molecule has 0 aromatic carbocycles. The van der Waals surface area contributed by atoms with E-state index in [-0.39, 0.29) is 5.91 Å². The minimum absolute atomic E-state index is 0.0745. The average Bonchev–Trinajstić information content (AvgIpc) is 3.01. The van der Waals surface area contributed by atoms with Crippen LogP contribution in [-0.4, -0.2) is 34.5 Å². The molecule has 0 radical (unpaired) electrons. The molecule has 3 aromatic rings. The van der Waals surface area contributed by atoms with Gasteiger partial charge in [-0.15, -0.1) is 11.3 Å². The van der Waals surface area contributed by atoms with Crippen molar-refractivity contribution in [2.24, 2.45) is 0 Å². The van der Waals surface area contributed by atoms with E-state index in [1.165, 1.54) is 15.3 Å². The lowest BCUT2D eigenvalue weighted by atomic mass is 10.1. The summed E-state index contributed by atoms with van der Waals surface area (Å²) in [7, 11) is 3.55. The molecule has 0 fully saturated rings. The third kappa shape index (κ3) is 2.64. The SMILES string of the molecule is Cc1cc(-c2cnc3ccn(CC(=O)N(C)C)c3c2)c(C)s1. The van der Waals surface area contributed by atoms with Crippen molar-refractivity contribution < 1.29 is 4.79 Å². The highest BCUT2D eigenvalue weighted by Crippen LogP contribution is 2.31. The van der Waals surface area contributed by atoms with Crippen molar-refractivity contribution in [1.29, 1.82) is 0 Å². The van der Waals surface area contributed by atoms with Crippen LogP contribution in [0.2, 0.25) is 0 Å². The largest absolute Gasteiger partial charge is 0.347 e. The van der Waals surface area contributed by atoms with Gasteiger partial charge in [0.1, 0.15) is 6.54 Å². The molecule has 0 atom stereocenters. The Balaban J connectivity index is 2.05. The number of carbonyl (C=O) groups excluding carboxylic acids is 1. The number of fused-ring (bicyclic) bond motifs is 1. The van der Waals surface area contributed by atoms with Crippen LogP contribution < -0.4 is 0 Å². The van der Waals surface area contributed by atoms with Crippen molar-refractivity contribution in [3.63, 3.8) is 0 Å². The number of rotatable bonds is 3. The molecule has 22 heavy (non-hydrogen) atoms. The summed E-state index contributed by atoms with van der Waals surface area (Å²) < 4.78 is 1.96. The van der Waals surface area contributed by atoms with Gasteiger partial charge in [-0.05, 0) is 37.6 Å². The standard InChI is InChI=1S/C17H19N3OS/c1-11-7-14(12(2)22-11)13-8-16-15(18-9-13)5-6-20(16)10-17(21)19(3)4/h5-9H,10H2,1-4H3. The molecule has 0 unspecified atom stereocenters. The van der Waals surface area contributed by atoms with Crippen molar-refractivity contribution in [2.75, 3.05) is 14.1 Å². The van der Waals surface area contributed by atoms with E-state index in [0.29, 0.717) is 6.54 Å². The predicted octanol–water partition coefficient (Wildman–Crippen LogP) is 3.47. The van der Waals surface area contributed by atoms with E-state index in [1.807, 2.05) is 23.0 Å². The summed E-state index contributed by atoms with van der Waals surface area (Å²) in [5.74, 6) is 0.0745. The number of pyridine rings is 1. The number of thiophene rings is 1. The molecule has 1 amide bonds. The molecule has 0 aliphatic carbocycles. The van der Waals surface area contributed by atoms with Crippen LogP contribution in [0.3, 0.4) is 0 Å². The highest BCUT2D eigenvalue weighted by molar-refractivity contribution is 7.12. The number of hydrogen-bond acceptors (Lipinski definition) is 3. The fourth-order valence-electron chi connectivity index (χ4n) is 2.55. The Morgan fingerprint density at radius 3 is 2.73 bits per heavy atom. The third-order valence-electron chi connectivity index (χ3n) is 3.78. The molecule has 0 spiro atoms. The van der Waals surface area contributed by atoms with Crippen LogP contribution in [-0.2, 0) is 11.3 Å². The van der Waals surface area contributed by atoms with Crippen LogP contribution in [0.1, 0.15) is 9.75 Å². The summed E-state index contributed by atoms with van der Waals surface area (Å²) in [6.07, 6.45) is 3.84. The van der Waals surface area contributed by atoms with Gasteiger partial charge in [-0.3, -0.25) is 9.78 Å². The molecule has 3 aromatic heterocycles. The Labute approximate surface area is 134 Å². The lowest BCUT2D eigenvalue weighted by molar-refractivity contribution is -0.129. The Bertz CT molecular complexity index is 845. The second-order valence-electron chi connectivity index (χ2n) is 5.69. The molecule has 4 nitrogen and oxygen atoms in total. The molecule has 0 N–H and O–H groups in total. The van der Waals surface area contributed by atoms with E-state index < -0.39 is 0 Å². The summed E-state index contributed by atoms with van der Waals surface area (Å²) in [5, 5.41) is 0. The highest BCUT2D eigenvalue weighted by atomic mass is 32.1. The van der Waals surface area contributed by atoms with Crippen LogP contribution in [0.25, 0.3) is 22.2 Å². The molecular formula is C17H19N3OS. The van der Waals surface area contributed by atoms with Gasteiger partial charge >= 0.3 is 0 Å². The van der Waals surface area contributed by atoms with Crippen molar-refractivity contribution in [3.8, 4) is 11.1 Å². The zero-order valence-electron chi connectivity index (χ0n) is 13.3. The highest BCUT2D eigenvalue weighted by Gasteiger charge is 2.11. The van der Waals surface area contributed by atoms with Crippen molar-refractivity contribution in [1.82, 2.24) is 14.5 Å². The van der Waals surface area contributed by atoms with Crippen molar-refractivity contribution >= 4 is 28.3 Å². The minimum atomic E-state index is 0.0745. The first-order valence-corrected chi connectivity index (χ1v) is 8.00. The molecule has 3 heterocycles. The smallest absolute Gasteiger partial charge is 0.241 e. The van der Waals surface area contributed by atoms with E-state index in [4.69, 9.17) is 0 Å². The Morgan fingerprint density at radius 1 is 1.32 bits per heavy atom. The van der Waals surface area contributed by atoms with Gasteiger partial charge in [-0.1, -0.05) is 0 Å². The molecule has 0 aliphatic rings. The summed E-state index contributed by atoms with van der Waals surface area (Å²) in [6, 6.07) is 6.27. The van der Waals surface area contributed by atoms with Crippen molar-refractivity contribution in [3.05, 3.63) is 40.3 Å². The van der Waals surface area contributed by atoms with Crippen molar-refractivity contribution in [2.45, 2.75) is 20.4 Å². The maximum Gasteiger partial charge on any atom is 0.241 e. The number of aryl methyl sites for hydroxylation is 2. The van der Waals surface area contributed by atoms with E-state index in [9.17, 15) is 4.79 Å². The number of likely N-dealkylation sites (N-methyl/N-ethyl adjacent to an activating group) is 1. The first-order chi connectivity index (χ1) is 10.5. The Hall–Kier alpha value is -2.14. The fourth-order valence-corrected chi connectivity index (χ4v) is 3.50. The minimum Gasteiger partial charge on any atom is -0.347 e. The topological polar surface area (TPSA) is 38.1 Å². The predicted molar refractivity (Wildman–Crippen MR) is 91.2 cm³/mol. The normalized spacial score (nSPS) is 11.1. The monoisotopic (exact) mass is 313 g/mol. The zero-order valence-corrected chi connectivity index (χ0v) is 14.1. The van der Waals surface area contributed by atoms with Crippen LogP contribution >= 0.6 is 11.3 Å². The Morgan fingerprint density at radius 2 is 2.09 bits per heavy atom. The van der Waals surface area contributed by atoms with Gasteiger partial charge < -0.3 is 9.47 Å². The lowest BCUT2D eigenvalue weighted by Gasteiger charge is -2.11. The number of amides is 1. The van der Waals surface area contributed by atoms with Gasteiger partial charge in [0.2, 0.25) is 5.91 Å². The first kappa shape index (κ1) is 14.8. The van der Waals surface area contributed by atoms with Gasteiger partial charge in [0, 0.05) is 41.8 Å². The molecular weight excluding hydrogens is 294 g/mol. The van der Waals surface area contributed by atoms with Crippen LogP contribution in [0, 0.1) is 13.8 Å². The Kier molecular flexibility index (Phi) is 3.74. The van der Waals surface area contributed by atoms with E-state index in [1.54, 1.807) is 30.3 Å². The number of carbonyl (C=O) groups is 1. The summed E-state index contributed by atoms with van der Waals surface area (Å²) >= 11 is 1.79. The molecule has 3 rings (SSSR count). The maximum atomic E-state index is 12.0. The van der Waals surface area contributed by atoms with Crippen LogP contribution in [0.4, 0.5) is 0 Å². The molecule has 0 saturated carbocycles. The van der Waals surface area contributed by atoms with Gasteiger partial charge in [0.25, 0.3) is 0 Å². The molecule has 0 bridgehead atoms. The zero-order chi connectivity index (χ0) is 15.9. The van der Waals surface area contributed by atoms with E-state index >= 15 is 0 Å². The molecule has 0 saturated heterocycles. The fraction of sp³-hybridized carbons (Fsp3) is 0.294. The molecule has 114 valence electrons. The average molecular weight is 313 g/mol. The summed E-state index contributed by atoms with van der Waals surface area (Å²) in [6.45, 7) is 4.58. The number of nitrogens with zero attached hydrogens (tertiary/aromatic N) is 3. The van der Waals surface area contributed by atoms with Gasteiger partial charge in [0.05, 0.1) is 11.0 Å². The second kappa shape index (κ2) is 5.57. The van der Waals surface area contributed by atoms with E-state index in [2.05, 4.69) is 31.0 Å². The summed E-state index contributed by atoms with van der Waals surface area (Å²) in [5.41, 5.74) is 4.24. The lowest BCUT2D eigenvalue weighted by Crippen LogP contribution is -2.25. The maximum absolute atomic E-state index is 12.0. The van der Waals surface area contributed by atoms with Gasteiger partial charge in [-0.25, -0.2) is 0 Å². The number of aromatic nitrogens is 2. The third-order valence-corrected chi connectivity index (χ3v) is 4.74. The summed E-state index contributed by atoms with van der Waals surface area (Å²) in [4.78, 5) is 20.7.